The maximum Gasteiger partial charge on any atom is 0.282 e. The first-order valence-corrected chi connectivity index (χ1v) is 13.9. The number of H-pyrrole nitrogens is 1. The van der Waals surface area contributed by atoms with Crippen LogP contribution in [-0.4, -0.2) is 42.2 Å². The zero-order valence-electron chi connectivity index (χ0n) is 21.0. The van der Waals surface area contributed by atoms with Gasteiger partial charge < -0.3 is 14.3 Å². The SMILES string of the molecule is COc1ccc2cc(Cn3c(C(=O)NS(C)(=O)=O)c(-c4ccc[nH]c4=O)c4cc(C)c(F)cc43)c(Cl)nc2c1. The minimum atomic E-state index is -3.99. The highest BCUT2D eigenvalue weighted by Gasteiger charge is 2.28. The van der Waals surface area contributed by atoms with E-state index in [1.54, 1.807) is 37.3 Å². The first kappa shape index (κ1) is 26.4. The molecular weight excluding hydrogens is 547 g/mol. The number of amides is 1. The lowest BCUT2D eigenvalue weighted by Gasteiger charge is -2.14. The van der Waals surface area contributed by atoms with Crippen LogP contribution in [0.25, 0.3) is 32.9 Å². The number of aryl methyl sites for hydroxylation is 1. The van der Waals surface area contributed by atoms with Crippen LogP contribution in [0, 0.1) is 12.7 Å². The van der Waals surface area contributed by atoms with Gasteiger partial charge in [-0.2, -0.15) is 0 Å². The molecule has 0 fully saturated rings. The molecule has 2 aromatic carbocycles. The summed E-state index contributed by atoms with van der Waals surface area (Å²) < 4.78 is 47.7. The third-order valence-corrected chi connectivity index (χ3v) is 7.19. The number of carbonyl (C=O) groups is 1. The van der Waals surface area contributed by atoms with E-state index < -0.39 is 27.3 Å². The summed E-state index contributed by atoms with van der Waals surface area (Å²) in [6.07, 6.45) is 2.27. The number of aromatic nitrogens is 3. The number of methoxy groups -OCH3 is 1. The van der Waals surface area contributed by atoms with E-state index in [9.17, 15) is 22.4 Å². The van der Waals surface area contributed by atoms with Crippen LogP contribution in [0.5, 0.6) is 5.75 Å². The molecule has 9 nitrogen and oxygen atoms in total. The highest BCUT2D eigenvalue weighted by Crippen LogP contribution is 2.36. The van der Waals surface area contributed by atoms with Crippen LogP contribution in [-0.2, 0) is 16.6 Å². The summed E-state index contributed by atoms with van der Waals surface area (Å²) in [5.74, 6) is -0.933. The second-order valence-corrected chi connectivity index (χ2v) is 11.1. The number of hydrogen-bond donors (Lipinski definition) is 2. The van der Waals surface area contributed by atoms with E-state index in [0.717, 1.165) is 11.6 Å². The van der Waals surface area contributed by atoms with Crippen molar-refractivity contribution in [2.75, 3.05) is 13.4 Å². The third kappa shape index (κ3) is 4.98. The molecule has 0 spiro atoms. The van der Waals surface area contributed by atoms with E-state index in [1.807, 2.05) is 4.72 Å². The molecule has 0 aliphatic heterocycles. The van der Waals surface area contributed by atoms with Gasteiger partial charge in [0.2, 0.25) is 10.0 Å². The molecule has 0 radical (unpaired) electrons. The van der Waals surface area contributed by atoms with E-state index in [1.165, 1.54) is 36.1 Å². The Hall–Kier alpha value is -4.22. The van der Waals surface area contributed by atoms with Crippen molar-refractivity contribution in [2.45, 2.75) is 13.5 Å². The lowest BCUT2D eigenvalue weighted by Crippen LogP contribution is -2.32. The third-order valence-electron chi connectivity index (χ3n) is 6.30. The van der Waals surface area contributed by atoms with E-state index in [2.05, 4.69) is 9.97 Å². The van der Waals surface area contributed by atoms with Crippen LogP contribution in [0.4, 0.5) is 4.39 Å². The number of benzene rings is 2. The van der Waals surface area contributed by atoms with E-state index >= 15 is 0 Å². The van der Waals surface area contributed by atoms with E-state index in [4.69, 9.17) is 16.3 Å². The van der Waals surface area contributed by atoms with Crippen molar-refractivity contribution in [3.63, 3.8) is 0 Å². The average molecular weight is 569 g/mol. The molecule has 12 heteroatoms. The quantitative estimate of drug-likeness (QED) is 0.293. The molecule has 3 aromatic heterocycles. The van der Waals surface area contributed by atoms with E-state index in [-0.39, 0.29) is 39.6 Å². The predicted molar refractivity (Wildman–Crippen MR) is 147 cm³/mol. The van der Waals surface area contributed by atoms with Crippen molar-refractivity contribution in [2.24, 2.45) is 0 Å². The second kappa shape index (κ2) is 9.83. The number of aromatic amines is 1. The molecule has 0 saturated heterocycles. The minimum Gasteiger partial charge on any atom is -0.497 e. The Morgan fingerprint density at radius 3 is 2.67 bits per heavy atom. The number of ether oxygens (including phenoxy) is 1. The predicted octanol–water partition coefficient (Wildman–Crippen LogP) is 4.39. The molecular formula is C27H22ClFN4O5S. The molecule has 39 heavy (non-hydrogen) atoms. The number of nitrogens with zero attached hydrogens (tertiary/aromatic N) is 2. The molecule has 3 heterocycles. The Morgan fingerprint density at radius 2 is 1.97 bits per heavy atom. The zero-order chi connectivity index (χ0) is 28.1. The van der Waals surface area contributed by atoms with Gasteiger partial charge in [0, 0.05) is 39.7 Å². The van der Waals surface area contributed by atoms with Crippen molar-refractivity contribution in [1.82, 2.24) is 19.3 Å². The monoisotopic (exact) mass is 568 g/mol. The summed E-state index contributed by atoms with van der Waals surface area (Å²) in [5, 5.41) is 1.24. The van der Waals surface area contributed by atoms with Gasteiger partial charge in [-0.25, -0.2) is 22.5 Å². The van der Waals surface area contributed by atoms with Crippen LogP contribution in [0.3, 0.4) is 0 Å². The standard InChI is InChI=1S/C27H22ClFN4O5S/c1-14-9-19-22(12-20(14)29)33(13-16-10-15-6-7-17(38-2)11-21(15)31-25(16)28)24(27(35)32-39(3,36)37)23(19)18-5-4-8-30-26(18)34/h4-12H,13H2,1-3H3,(H,30,34)(H,32,35). The molecule has 2 N–H and O–H groups in total. The lowest BCUT2D eigenvalue weighted by molar-refractivity contribution is 0.0974. The molecule has 5 aromatic rings. The fraction of sp³-hybridized carbons (Fsp3) is 0.148. The highest BCUT2D eigenvalue weighted by molar-refractivity contribution is 7.89. The van der Waals surface area contributed by atoms with Gasteiger partial charge in [-0.3, -0.25) is 9.59 Å². The maximum atomic E-state index is 14.9. The molecule has 200 valence electrons. The molecule has 0 saturated carbocycles. The number of hydrogen-bond acceptors (Lipinski definition) is 6. The maximum absolute atomic E-state index is 14.9. The molecule has 0 bridgehead atoms. The number of fused-ring (bicyclic) bond motifs is 2. The molecule has 1 amide bonds. The van der Waals surface area contributed by atoms with Crippen LogP contribution < -0.4 is 15.0 Å². The molecule has 0 aliphatic rings. The average Bonchev–Trinajstić information content (AvgIpc) is 3.16. The normalized spacial score (nSPS) is 11.7. The summed E-state index contributed by atoms with van der Waals surface area (Å²) in [6.45, 7) is 1.48. The van der Waals surface area contributed by atoms with Gasteiger partial charge in [-0.15, -0.1) is 0 Å². The largest absolute Gasteiger partial charge is 0.497 e. The molecule has 5 rings (SSSR count). The Morgan fingerprint density at radius 1 is 1.21 bits per heavy atom. The van der Waals surface area contributed by atoms with Gasteiger partial charge >= 0.3 is 0 Å². The zero-order valence-corrected chi connectivity index (χ0v) is 22.6. The van der Waals surface area contributed by atoms with Gasteiger partial charge in [-0.05, 0) is 55.0 Å². The number of sulfonamides is 1. The van der Waals surface area contributed by atoms with Gasteiger partial charge in [0.05, 0.1) is 30.9 Å². The number of pyridine rings is 2. The van der Waals surface area contributed by atoms with Gasteiger partial charge in [0.1, 0.15) is 22.4 Å². The summed E-state index contributed by atoms with van der Waals surface area (Å²) in [6, 6.07) is 12.9. The van der Waals surface area contributed by atoms with Crippen LogP contribution >= 0.6 is 11.6 Å². The molecule has 0 atom stereocenters. The van der Waals surface area contributed by atoms with Crippen molar-refractivity contribution in [3.05, 3.63) is 92.9 Å². The smallest absolute Gasteiger partial charge is 0.282 e. The topological polar surface area (TPSA) is 123 Å². The number of nitrogens with one attached hydrogen (secondary N) is 2. The van der Waals surface area contributed by atoms with Gasteiger partial charge in [0.15, 0.2) is 0 Å². The molecule has 0 unspecified atom stereocenters. The van der Waals surface area contributed by atoms with Gasteiger partial charge in [-0.1, -0.05) is 11.6 Å². The summed E-state index contributed by atoms with van der Waals surface area (Å²) in [7, 11) is -2.46. The summed E-state index contributed by atoms with van der Waals surface area (Å²) in [5.41, 5.74) is 1.21. The Labute approximate surface area is 227 Å². The van der Waals surface area contributed by atoms with Crippen molar-refractivity contribution < 1.29 is 22.3 Å². The Bertz CT molecular complexity index is 1970. The van der Waals surface area contributed by atoms with Crippen LogP contribution in [0.1, 0.15) is 21.6 Å². The second-order valence-electron chi connectivity index (χ2n) is 9.04. The first-order valence-electron chi connectivity index (χ1n) is 11.6. The number of halogens is 2. The Kier molecular flexibility index (Phi) is 6.65. The molecule has 0 aliphatic carbocycles. The lowest BCUT2D eigenvalue weighted by atomic mass is 10.0. The van der Waals surface area contributed by atoms with Crippen molar-refractivity contribution in [1.29, 1.82) is 0 Å². The van der Waals surface area contributed by atoms with E-state index in [0.29, 0.717) is 22.2 Å². The fourth-order valence-electron chi connectivity index (χ4n) is 4.56. The summed E-state index contributed by atoms with van der Waals surface area (Å²) in [4.78, 5) is 33.4. The van der Waals surface area contributed by atoms with Gasteiger partial charge in [0.25, 0.3) is 11.5 Å². The van der Waals surface area contributed by atoms with Crippen LogP contribution in [0.15, 0.2) is 59.5 Å². The van der Waals surface area contributed by atoms with Crippen LogP contribution in [0.2, 0.25) is 5.15 Å². The number of carbonyl (C=O) groups excluding carboxylic acids is 1. The summed E-state index contributed by atoms with van der Waals surface area (Å²) >= 11 is 6.55. The Balaban J connectivity index is 1.83. The number of rotatable bonds is 6. The van der Waals surface area contributed by atoms with Crippen molar-refractivity contribution in [3.8, 4) is 16.9 Å². The van der Waals surface area contributed by atoms with Crippen molar-refractivity contribution >= 4 is 49.3 Å². The highest BCUT2D eigenvalue weighted by atomic mass is 35.5. The fourth-order valence-corrected chi connectivity index (χ4v) is 5.20. The minimum absolute atomic E-state index is 0.0793. The first-order chi connectivity index (χ1) is 18.5.